The lowest BCUT2D eigenvalue weighted by Crippen LogP contribution is -2.52. The van der Waals surface area contributed by atoms with E-state index in [4.69, 9.17) is 23.2 Å². The molecule has 0 unspecified atom stereocenters. The normalized spacial score (nSPS) is 12.1. The van der Waals surface area contributed by atoms with Crippen LogP contribution in [0.4, 0.5) is 5.69 Å². The standard InChI is InChI=1S/C31H37Cl2N3O4S/c1-6-16-34-31(38)28(7-2)35(19-24-12-15-26(32)27(33)18-24)30(37)20-36(29-17-22(4)8-11-23(29)5)41(39,40)25-13-9-21(3)10-14-25/h8-15,17-18,28H,6-7,16,19-20H2,1-5H3,(H,34,38)/t28-/m1/s1. The van der Waals surface area contributed by atoms with E-state index in [2.05, 4.69) is 5.32 Å². The van der Waals surface area contributed by atoms with Gasteiger partial charge in [-0.3, -0.25) is 13.9 Å². The van der Waals surface area contributed by atoms with E-state index in [0.717, 1.165) is 21.9 Å². The van der Waals surface area contributed by atoms with Gasteiger partial charge in [0.1, 0.15) is 12.6 Å². The summed E-state index contributed by atoms with van der Waals surface area (Å²) in [4.78, 5) is 28.9. The first-order chi connectivity index (χ1) is 19.4. The van der Waals surface area contributed by atoms with Crippen LogP contribution in [-0.2, 0) is 26.2 Å². The molecule has 10 heteroatoms. The molecule has 0 heterocycles. The number of hydrogen-bond donors (Lipinski definition) is 1. The second-order valence-corrected chi connectivity index (χ2v) is 12.8. The van der Waals surface area contributed by atoms with E-state index in [1.165, 1.54) is 17.0 Å². The highest BCUT2D eigenvalue weighted by Gasteiger charge is 2.34. The number of rotatable bonds is 12. The van der Waals surface area contributed by atoms with Gasteiger partial charge in [-0.2, -0.15) is 0 Å². The Morgan fingerprint density at radius 3 is 2.15 bits per heavy atom. The largest absolute Gasteiger partial charge is 0.354 e. The van der Waals surface area contributed by atoms with Gasteiger partial charge in [-0.05, 0) is 80.6 Å². The summed E-state index contributed by atoms with van der Waals surface area (Å²) >= 11 is 12.4. The zero-order chi connectivity index (χ0) is 30.3. The average Bonchev–Trinajstić information content (AvgIpc) is 2.93. The number of carbonyl (C=O) groups excluding carboxylic acids is 2. The summed E-state index contributed by atoms with van der Waals surface area (Å²) in [6, 6.07) is 16.2. The number of halogens is 2. The second kappa shape index (κ2) is 14.2. The Morgan fingerprint density at radius 2 is 1.54 bits per heavy atom. The lowest BCUT2D eigenvalue weighted by Gasteiger charge is -2.33. The van der Waals surface area contributed by atoms with Gasteiger partial charge in [-0.25, -0.2) is 8.42 Å². The Bertz CT molecular complexity index is 1490. The predicted octanol–water partition coefficient (Wildman–Crippen LogP) is 6.45. The first kappa shape index (κ1) is 32.4. The second-order valence-electron chi connectivity index (χ2n) is 10.1. The minimum atomic E-state index is -4.14. The number of sulfonamides is 1. The molecule has 0 bridgehead atoms. The van der Waals surface area contributed by atoms with Gasteiger partial charge in [0.2, 0.25) is 11.8 Å². The zero-order valence-electron chi connectivity index (χ0n) is 24.1. The maximum atomic E-state index is 14.2. The summed E-state index contributed by atoms with van der Waals surface area (Å²) in [6.07, 6.45) is 1.06. The smallest absolute Gasteiger partial charge is 0.264 e. The highest BCUT2D eigenvalue weighted by molar-refractivity contribution is 7.92. The molecule has 0 aliphatic heterocycles. The summed E-state index contributed by atoms with van der Waals surface area (Å²) in [5.74, 6) is -0.825. The number of nitrogens with one attached hydrogen (secondary N) is 1. The summed E-state index contributed by atoms with van der Waals surface area (Å²) in [6.45, 7) is 9.30. The summed E-state index contributed by atoms with van der Waals surface area (Å²) < 4.78 is 29.3. The SMILES string of the molecule is CCCNC(=O)[C@@H](CC)N(Cc1ccc(Cl)c(Cl)c1)C(=O)CN(c1cc(C)ccc1C)S(=O)(=O)c1ccc(C)cc1. The van der Waals surface area contributed by atoms with E-state index < -0.39 is 28.5 Å². The Balaban J connectivity index is 2.11. The van der Waals surface area contributed by atoms with Crippen molar-refractivity contribution in [3.8, 4) is 0 Å². The molecule has 0 aliphatic carbocycles. The lowest BCUT2D eigenvalue weighted by molar-refractivity contribution is -0.140. The van der Waals surface area contributed by atoms with E-state index >= 15 is 0 Å². The Morgan fingerprint density at radius 1 is 0.878 bits per heavy atom. The number of hydrogen-bond acceptors (Lipinski definition) is 4. The van der Waals surface area contributed by atoms with Crippen molar-refractivity contribution >= 4 is 50.7 Å². The van der Waals surface area contributed by atoms with Crippen molar-refractivity contribution in [3.63, 3.8) is 0 Å². The quantitative estimate of drug-likeness (QED) is 0.253. The monoisotopic (exact) mass is 617 g/mol. The molecule has 41 heavy (non-hydrogen) atoms. The van der Waals surface area contributed by atoms with Gasteiger partial charge in [0.25, 0.3) is 10.0 Å². The van der Waals surface area contributed by atoms with Gasteiger partial charge in [-0.1, -0.05) is 72.9 Å². The van der Waals surface area contributed by atoms with Crippen LogP contribution in [0.15, 0.2) is 65.6 Å². The topological polar surface area (TPSA) is 86.8 Å². The molecule has 0 aromatic heterocycles. The lowest BCUT2D eigenvalue weighted by atomic mass is 10.1. The molecule has 7 nitrogen and oxygen atoms in total. The first-order valence-electron chi connectivity index (χ1n) is 13.6. The minimum absolute atomic E-state index is 0.0407. The molecule has 2 amide bonds. The molecule has 1 atom stereocenters. The highest BCUT2D eigenvalue weighted by Crippen LogP contribution is 2.29. The summed E-state index contributed by atoms with van der Waals surface area (Å²) in [7, 11) is -4.14. The van der Waals surface area contributed by atoms with Crippen LogP contribution in [0.1, 0.15) is 48.9 Å². The maximum Gasteiger partial charge on any atom is 0.264 e. The third-order valence-electron chi connectivity index (χ3n) is 6.79. The van der Waals surface area contributed by atoms with Crippen LogP contribution in [-0.4, -0.2) is 44.3 Å². The molecule has 0 saturated heterocycles. The van der Waals surface area contributed by atoms with E-state index in [9.17, 15) is 18.0 Å². The predicted molar refractivity (Wildman–Crippen MR) is 166 cm³/mol. The molecule has 3 aromatic rings. The van der Waals surface area contributed by atoms with Gasteiger partial charge < -0.3 is 10.2 Å². The average molecular weight is 619 g/mol. The van der Waals surface area contributed by atoms with Crippen LogP contribution in [0, 0.1) is 20.8 Å². The van der Waals surface area contributed by atoms with Gasteiger partial charge in [0.05, 0.1) is 20.6 Å². The van der Waals surface area contributed by atoms with Gasteiger partial charge in [0, 0.05) is 13.1 Å². The molecule has 3 rings (SSSR count). The van der Waals surface area contributed by atoms with E-state index in [-0.39, 0.29) is 17.3 Å². The Hall–Kier alpha value is -3.07. The van der Waals surface area contributed by atoms with Crippen LogP contribution >= 0.6 is 23.2 Å². The number of amides is 2. The van der Waals surface area contributed by atoms with E-state index in [1.807, 2.05) is 39.8 Å². The third kappa shape index (κ3) is 8.03. The minimum Gasteiger partial charge on any atom is -0.354 e. The zero-order valence-corrected chi connectivity index (χ0v) is 26.4. The van der Waals surface area contributed by atoms with Gasteiger partial charge >= 0.3 is 0 Å². The first-order valence-corrected chi connectivity index (χ1v) is 15.8. The molecule has 1 N–H and O–H groups in total. The van der Waals surface area contributed by atoms with Crippen LogP contribution < -0.4 is 9.62 Å². The fourth-order valence-corrected chi connectivity index (χ4v) is 6.25. The third-order valence-corrected chi connectivity index (χ3v) is 9.31. The van der Waals surface area contributed by atoms with Crippen molar-refractivity contribution in [1.29, 1.82) is 0 Å². The van der Waals surface area contributed by atoms with Crippen molar-refractivity contribution in [1.82, 2.24) is 10.2 Å². The number of aryl methyl sites for hydroxylation is 3. The van der Waals surface area contributed by atoms with Crippen molar-refractivity contribution < 1.29 is 18.0 Å². The van der Waals surface area contributed by atoms with Crippen molar-refractivity contribution in [3.05, 3.63) is 93.0 Å². The number of benzene rings is 3. The van der Waals surface area contributed by atoms with Crippen LogP contribution in [0.25, 0.3) is 0 Å². The number of nitrogens with zero attached hydrogens (tertiary/aromatic N) is 2. The highest BCUT2D eigenvalue weighted by atomic mass is 35.5. The molecule has 0 saturated carbocycles. The van der Waals surface area contributed by atoms with Gasteiger partial charge in [-0.15, -0.1) is 0 Å². The molecule has 0 fully saturated rings. The molecule has 3 aromatic carbocycles. The van der Waals surface area contributed by atoms with E-state index in [1.54, 1.807) is 43.3 Å². The molecular weight excluding hydrogens is 581 g/mol. The number of anilines is 1. The van der Waals surface area contributed by atoms with Crippen molar-refractivity contribution in [2.45, 2.75) is 64.9 Å². The molecule has 0 aliphatic rings. The molecule has 0 radical (unpaired) electrons. The van der Waals surface area contributed by atoms with Crippen LogP contribution in [0.3, 0.4) is 0 Å². The Labute approximate surface area is 253 Å². The van der Waals surface area contributed by atoms with Crippen molar-refractivity contribution in [2.75, 3.05) is 17.4 Å². The fourth-order valence-electron chi connectivity index (χ4n) is 4.46. The van der Waals surface area contributed by atoms with Gasteiger partial charge in [0.15, 0.2) is 0 Å². The van der Waals surface area contributed by atoms with E-state index in [0.29, 0.717) is 39.8 Å². The molecular formula is C31H37Cl2N3O4S. The summed E-state index contributed by atoms with van der Waals surface area (Å²) in [5, 5.41) is 3.56. The maximum absolute atomic E-state index is 14.2. The van der Waals surface area contributed by atoms with Crippen LogP contribution in [0.5, 0.6) is 0 Å². The number of carbonyl (C=O) groups is 2. The molecule has 220 valence electrons. The summed E-state index contributed by atoms with van der Waals surface area (Å²) in [5.41, 5.74) is 3.52. The molecule has 0 spiro atoms. The fraction of sp³-hybridized carbons (Fsp3) is 0.355. The van der Waals surface area contributed by atoms with Crippen LogP contribution in [0.2, 0.25) is 10.0 Å². The Kier molecular flexibility index (Phi) is 11.2. The van der Waals surface area contributed by atoms with Crippen molar-refractivity contribution in [2.24, 2.45) is 0 Å².